The Kier molecular flexibility index (Phi) is 5.64. The van der Waals surface area contributed by atoms with E-state index < -0.39 is 6.23 Å². The zero-order chi connectivity index (χ0) is 21.4. The average molecular weight is 410 g/mol. The molecule has 4 atom stereocenters. The number of anilines is 2. The van der Waals surface area contributed by atoms with Crippen LogP contribution in [0.15, 0.2) is 36.7 Å². The van der Waals surface area contributed by atoms with Gasteiger partial charge in [-0.15, -0.1) is 0 Å². The van der Waals surface area contributed by atoms with E-state index in [1.54, 1.807) is 18.5 Å². The molecular formula is C23H31N5O2. The number of aliphatic hydroxyl groups excluding tert-OH is 1. The molecule has 2 aromatic rings. The van der Waals surface area contributed by atoms with Crippen molar-refractivity contribution in [2.45, 2.75) is 64.9 Å². The van der Waals surface area contributed by atoms with Crippen LogP contribution in [0.5, 0.6) is 0 Å². The highest BCUT2D eigenvalue weighted by Gasteiger charge is 2.47. The van der Waals surface area contributed by atoms with Gasteiger partial charge in [0.1, 0.15) is 6.23 Å². The molecule has 2 aliphatic rings. The van der Waals surface area contributed by atoms with Gasteiger partial charge >= 0.3 is 0 Å². The summed E-state index contributed by atoms with van der Waals surface area (Å²) in [6, 6.07) is 7.78. The minimum atomic E-state index is -0.610. The molecule has 0 spiro atoms. The molecule has 7 nitrogen and oxygen atoms in total. The maximum atomic E-state index is 12.7. The predicted molar refractivity (Wildman–Crippen MR) is 117 cm³/mol. The van der Waals surface area contributed by atoms with Gasteiger partial charge in [-0.25, -0.2) is 9.97 Å². The summed E-state index contributed by atoms with van der Waals surface area (Å²) in [6.07, 6.45) is 5.18. The van der Waals surface area contributed by atoms with Crippen LogP contribution in [0.2, 0.25) is 0 Å². The number of aromatic nitrogens is 2. The van der Waals surface area contributed by atoms with E-state index in [1.165, 1.54) is 12.8 Å². The van der Waals surface area contributed by atoms with Gasteiger partial charge in [0.25, 0.3) is 5.91 Å². The summed E-state index contributed by atoms with van der Waals surface area (Å²) in [5.74, 6) is 1.24. The molecule has 160 valence electrons. The Labute approximate surface area is 177 Å². The Hall–Kier alpha value is -2.67. The highest BCUT2D eigenvalue weighted by molar-refractivity contribution is 5.95. The van der Waals surface area contributed by atoms with Gasteiger partial charge in [-0.05, 0) is 69.4 Å². The lowest BCUT2D eigenvalue weighted by molar-refractivity contribution is 0.0943. The monoisotopic (exact) mass is 409 g/mol. The number of hydrogen-bond acceptors (Lipinski definition) is 6. The van der Waals surface area contributed by atoms with Crippen molar-refractivity contribution < 1.29 is 9.90 Å². The molecule has 0 bridgehead atoms. The zero-order valence-electron chi connectivity index (χ0n) is 18.0. The van der Waals surface area contributed by atoms with E-state index in [9.17, 15) is 9.90 Å². The molecule has 30 heavy (non-hydrogen) atoms. The number of fused-ring (bicyclic) bond motifs is 1. The second-order valence-corrected chi connectivity index (χ2v) is 8.82. The van der Waals surface area contributed by atoms with Gasteiger partial charge in [-0.3, -0.25) is 4.79 Å². The van der Waals surface area contributed by atoms with E-state index in [0.29, 0.717) is 17.4 Å². The molecule has 4 rings (SSSR count). The number of hydrogen-bond donors (Lipinski definition) is 3. The van der Waals surface area contributed by atoms with Gasteiger partial charge in [0.15, 0.2) is 0 Å². The van der Waals surface area contributed by atoms with Crippen LogP contribution >= 0.6 is 0 Å². The van der Waals surface area contributed by atoms with Crippen molar-refractivity contribution in [1.82, 2.24) is 15.3 Å². The van der Waals surface area contributed by atoms with Crippen LogP contribution in [0.1, 0.15) is 62.5 Å². The Morgan fingerprint density at radius 2 is 1.90 bits per heavy atom. The fourth-order valence-corrected chi connectivity index (χ4v) is 4.69. The summed E-state index contributed by atoms with van der Waals surface area (Å²) >= 11 is 0. The van der Waals surface area contributed by atoms with Crippen molar-refractivity contribution in [3.05, 3.63) is 47.8 Å². The molecule has 1 amide bonds. The third-order valence-electron chi connectivity index (χ3n) is 6.07. The molecule has 1 saturated carbocycles. The Morgan fingerprint density at radius 3 is 2.50 bits per heavy atom. The average Bonchev–Trinajstić information content (AvgIpc) is 3.54. The Morgan fingerprint density at radius 1 is 1.20 bits per heavy atom. The van der Waals surface area contributed by atoms with E-state index in [-0.39, 0.29) is 30.0 Å². The van der Waals surface area contributed by atoms with Gasteiger partial charge < -0.3 is 20.6 Å². The first-order valence-corrected chi connectivity index (χ1v) is 10.8. The molecule has 0 saturated heterocycles. The Balaban J connectivity index is 1.78. The molecule has 1 aromatic heterocycles. The number of nitrogens with zero attached hydrogens (tertiary/aromatic N) is 3. The molecule has 1 fully saturated rings. The maximum Gasteiger partial charge on any atom is 0.251 e. The molecular weight excluding hydrogens is 378 g/mol. The standard InChI is InChI=1S/C23H31N5O2/c1-13(2)26-22(30)17-8-9-19-18(12-17)20(27-23-24-10-5-11-25-23)14(3)21(16-6-7-16)28(19)15(4)29/h5,8-16,20-21,29H,6-7H2,1-4H3,(H,26,30)(H,24,25,27)/t14-,15?,20-,21-/m1/s1. The van der Waals surface area contributed by atoms with Gasteiger partial charge in [-0.1, -0.05) is 6.92 Å². The lowest BCUT2D eigenvalue weighted by Gasteiger charge is -2.48. The van der Waals surface area contributed by atoms with Crippen LogP contribution in [0.4, 0.5) is 11.6 Å². The molecule has 7 heteroatoms. The van der Waals surface area contributed by atoms with Gasteiger partial charge in [0.2, 0.25) is 5.95 Å². The van der Waals surface area contributed by atoms with Crippen molar-refractivity contribution in [1.29, 1.82) is 0 Å². The number of amides is 1. The lowest BCUT2D eigenvalue weighted by atomic mass is 9.79. The summed E-state index contributed by atoms with van der Waals surface area (Å²) < 4.78 is 0. The summed E-state index contributed by atoms with van der Waals surface area (Å²) in [5.41, 5.74) is 2.57. The normalized spacial score (nSPS) is 24.3. The molecule has 3 N–H and O–H groups in total. The number of benzene rings is 1. The van der Waals surface area contributed by atoms with Crippen molar-refractivity contribution >= 4 is 17.5 Å². The summed E-state index contributed by atoms with van der Waals surface area (Å²) in [4.78, 5) is 23.5. The van der Waals surface area contributed by atoms with Gasteiger partial charge in [0, 0.05) is 41.6 Å². The van der Waals surface area contributed by atoms with Crippen molar-refractivity contribution in [2.24, 2.45) is 11.8 Å². The molecule has 1 aromatic carbocycles. The van der Waals surface area contributed by atoms with E-state index >= 15 is 0 Å². The lowest BCUT2D eigenvalue weighted by Crippen LogP contribution is -2.53. The third-order valence-corrected chi connectivity index (χ3v) is 6.07. The SMILES string of the molecule is CC(C)NC(=O)c1ccc2c(c1)[C@H](Nc1ncccn1)[C@@H](C)[C@H](C1CC1)N2C(C)O. The predicted octanol–water partition coefficient (Wildman–Crippen LogP) is 3.34. The van der Waals surface area contributed by atoms with Crippen LogP contribution in [-0.2, 0) is 0 Å². The van der Waals surface area contributed by atoms with E-state index in [0.717, 1.165) is 11.3 Å². The smallest absolute Gasteiger partial charge is 0.251 e. The van der Waals surface area contributed by atoms with E-state index in [2.05, 4.69) is 32.4 Å². The van der Waals surface area contributed by atoms with E-state index in [1.807, 2.05) is 39.0 Å². The first kappa shape index (κ1) is 20.6. The van der Waals surface area contributed by atoms with Crippen LogP contribution in [0, 0.1) is 11.8 Å². The van der Waals surface area contributed by atoms with Crippen LogP contribution in [0.25, 0.3) is 0 Å². The highest BCUT2D eigenvalue weighted by atomic mass is 16.3. The molecule has 1 unspecified atom stereocenters. The molecule has 1 aliphatic carbocycles. The zero-order valence-corrected chi connectivity index (χ0v) is 18.0. The van der Waals surface area contributed by atoms with Gasteiger partial charge in [0.05, 0.1) is 6.04 Å². The summed E-state index contributed by atoms with van der Waals surface area (Å²) in [7, 11) is 0. The first-order valence-electron chi connectivity index (χ1n) is 10.8. The van der Waals surface area contributed by atoms with Crippen LogP contribution < -0.4 is 15.5 Å². The number of carbonyl (C=O) groups is 1. The van der Waals surface area contributed by atoms with Crippen LogP contribution in [-0.4, -0.2) is 39.3 Å². The van der Waals surface area contributed by atoms with Crippen LogP contribution in [0.3, 0.4) is 0 Å². The minimum Gasteiger partial charge on any atom is -0.374 e. The Bertz CT molecular complexity index is 898. The highest BCUT2D eigenvalue weighted by Crippen LogP contribution is 2.50. The number of nitrogens with one attached hydrogen (secondary N) is 2. The fraction of sp³-hybridized carbons (Fsp3) is 0.522. The van der Waals surface area contributed by atoms with Crippen molar-refractivity contribution in [3.63, 3.8) is 0 Å². The molecule has 2 heterocycles. The quantitative estimate of drug-likeness (QED) is 0.678. The largest absolute Gasteiger partial charge is 0.374 e. The number of aliphatic hydroxyl groups is 1. The first-order chi connectivity index (χ1) is 14.4. The van der Waals surface area contributed by atoms with Gasteiger partial charge in [-0.2, -0.15) is 0 Å². The fourth-order valence-electron chi connectivity index (χ4n) is 4.69. The van der Waals surface area contributed by atoms with E-state index in [4.69, 9.17) is 0 Å². The molecule has 1 aliphatic heterocycles. The second kappa shape index (κ2) is 8.22. The number of carbonyl (C=O) groups excluding carboxylic acids is 1. The summed E-state index contributed by atoms with van der Waals surface area (Å²) in [6.45, 7) is 7.93. The maximum absolute atomic E-state index is 12.7. The second-order valence-electron chi connectivity index (χ2n) is 8.82. The number of rotatable bonds is 6. The topological polar surface area (TPSA) is 90.4 Å². The van der Waals surface area contributed by atoms with Crippen molar-refractivity contribution in [3.8, 4) is 0 Å². The van der Waals surface area contributed by atoms with Crippen molar-refractivity contribution in [2.75, 3.05) is 10.2 Å². The minimum absolute atomic E-state index is 0.0604. The summed E-state index contributed by atoms with van der Waals surface area (Å²) in [5, 5.41) is 17.1. The molecule has 0 radical (unpaired) electrons. The third kappa shape index (κ3) is 3.99.